The van der Waals surface area contributed by atoms with E-state index in [-0.39, 0.29) is 16.6 Å². The third kappa shape index (κ3) is 2.96. The fourth-order valence-corrected chi connectivity index (χ4v) is 2.48. The molecule has 20 heavy (non-hydrogen) atoms. The Hall–Kier alpha value is -1.54. The van der Waals surface area contributed by atoms with Gasteiger partial charge in [-0.05, 0) is 24.6 Å². The molecule has 1 aromatic carbocycles. The minimum absolute atomic E-state index is 0.172. The minimum atomic E-state index is -4.74. The maximum absolute atomic E-state index is 13.2. The Morgan fingerprint density at radius 2 is 2.00 bits per heavy atom. The molecule has 0 aliphatic heterocycles. The molecule has 0 saturated heterocycles. The van der Waals surface area contributed by atoms with E-state index in [1.807, 2.05) is 6.92 Å². The van der Waals surface area contributed by atoms with Gasteiger partial charge in [0.2, 0.25) is 0 Å². The first-order chi connectivity index (χ1) is 9.32. The summed E-state index contributed by atoms with van der Waals surface area (Å²) in [5, 5.41) is 8.48. The number of hydrogen-bond acceptors (Lipinski definition) is 4. The molecule has 8 heteroatoms. The van der Waals surface area contributed by atoms with Crippen molar-refractivity contribution in [3.8, 4) is 10.6 Å². The van der Waals surface area contributed by atoms with Crippen LogP contribution in [-0.4, -0.2) is 10.2 Å². The third-order valence-electron chi connectivity index (χ3n) is 2.72. The Morgan fingerprint density at radius 1 is 1.30 bits per heavy atom. The summed E-state index contributed by atoms with van der Waals surface area (Å²) in [6.45, 7) is 1.87. The van der Waals surface area contributed by atoms with Crippen LogP contribution in [0.1, 0.15) is 30.0 Å². The van der Waals surface area contributed by atoms with Crippen molar-refractivity contribution in [2.24, 2.45) is 5.73 Å². The zero-order valence-corrected chi connectivity index (χ0v) is 11.2. The number of nitrogens with zero attached hydrogens (tertiary/aromatic N) is 2. The quantitative estimate of drug-likeness (QED) is 0.878. The molecule has 0 radical (unpaired) electrons. The second-order valence-corrected chi connectivity index (χ2v) is 5.16. The van der Waals surface area contributed by atoms with Crippen LogP contribution in [-0.2, 0) is 6.18 Å². The van der Waals surface area contributed by atoms with Crippen molar-refractivity contribution < 1.29 is 17.6 Å². The molecular formula is C12H11F4N3S. The summed E-state index contributed by atoms with van der Waals surface area (Å²) in [6.07, 6.45) is -4.10. The molecule has 0 saturated carbocycles. The predicted octanol–water partition coefficient (Wildman–Crippen LogP) is 3.77. The maximum atomic E-state index is 13.2. The van der Waals surface area contributed by atoms with Crippen molar-refractivity contribution in [3.63, 3.8) is 0 Å². The first-order valence-corrected chi connectivity index (χ1v) is 6.60. The number of alkyl halides is 3. The standard InChI is InChI=1S/C12H11F4N3S/c1-2-9(17)11-19-18-10(20-11)6-3-4-8(13)7(5-6)12(14,15)16/h3-5,9H,2,17H2,1H3. The average Bonchev–Trinajstić information content (AvgIpc) is 2.86. The van der Waals surface area contributed by atoms with E-state index in [9.17, 15) is 17.6 Å². The van der Waals surface area contributed by atoms with Gasteiger partial charge < -0.3 is 5.73 Å². The Labute approximate surface area is 116 Å². The van der Waals surface area contributed by atoms with Crippen molar-refractivity contribution in [2.45, 2.75) is 25.6 Å². The fraction of sp³-hybridized carbons (Fsp3) is 0.333. The molecule has 3 nitrogen and oxygen atoms in total. The van der Waals surface area contributed by atoms with E-state index in [1.54, 1.807) is 0 Å². The lowest BCUT2D eigenvalue weighted by atomic mass is 10.1. The number of benzene rings is 1. The molecule has 0 spiro atoms. The molecule has 0 amide bonds. The van der Waals surface area contributed by atoms with Gasteiger partial charge in [-0.15, -0.1) is 10.2 Å². The van der Waals surface area contributed by atoms with Gasteiger partial charge in [-0.2, -0.15) is 13.2 Å². The normalized spacial score (nSPS) is 13.5. The van der Waals surface area contributed by atoms with E-state index in [4.69, 9.17) is 5.73 Å². The monoisotopic (exact) mass is 305 g/mol. The highest BCUT2D eigenvalue weighted by Crippen LogP contribution is 2.35. The van der Waals surface area contributed by atoms with Crippen molar-refractivity contribution in [1.82, 2.24) is 10.2 Å². The molecule has 0 bridgehead atoms. The SMILES string of the molecule is CCC(N)c1nnc(-c2ccc(F)c(C(F)(F)F)c2)s1. The van der Waals surface area contributed by atoms with Crippen LogP contribution in [0.2, 0.25) is 0 Å². The second kappa shape index (κ2) is 5.45. The molecular weight excluding hydrogens is 294 g/mol. The molecule has 2 aromatic rings. The van der Waals surface area contributed by atoms with Gasteiger partial charge in [-0.1, -0.05) is 18.3 Å². The third-order valence-corrected chi connectivity index (χ3v) is 3.82. The number of halogens is 4. The lowest BCUT2D eigenvalue weighted by Crippen LogP contribution is -2.08. The van der Waals surface area contributed by atoms with E-state index in [1.165, 1.54) is 6.07 Å². The van der Waals surface area contributed by atoms with Crippen LogP contribution < -0.4 is 5.73 Å². The second-order valence-electron chi connectivity index (χ2n) is 4.15. The van der Waals surface area contributed by atoms with Crippen LogP contribution in [0.25, 0.3) is 10.6 Å². The molecule has 0 fully saturated rings. The van der Waals surface area contributed by atoms with Crippen LogP contribution in [0.5, 0.6) is 0 Å². The van der Waals surface area contributed by atoms with Crippen LogP contribution in [0.4, 0.5) is 17.6 Å². The molecule has 2 N–H and O–H groups in total. The first-order valence-electron chi connectivity index (χ1n) is 5.79. The summed E-state index contributed by atoms with van der Waals surface area (Å²) >= 11 is 1.11. The van der Waals surface area contributed by atoms with Gasteiger partial charge in [0, 0.05) is 5.56 Å². The Balaban J connectivity index is 2.41. The topological polar surface area (TPSA) is 51.8 Å². The highest BCUT2D eigenvalue weighted by atomic mass is 32.1. The lowest BCUT2D eigenvalue weighted by Gasteiger charge is -2.08. The summed E-state index contributed by atoms with van der Waals surface area (Å²) < 4.78 is 51.1. The highest BCUT2D eigenvalue weighted by Gasteiger charge is 2.34. The van der Waals surface area contributed by atoms with Gasteiger partial charge in [0.25, 0.3) is 0 Å². The summed E-state index contributed by atoms with van der Waals surface area (Å²) in [6, 6.07) is 2.45. The fourth-order valence-electron chi connectivity index (χ4n) is 1.55. The van der Waals surface area contributed by atoms with Gasteiger partial charge >= 0.3 is 6.18 Å². The van der Waals surface area contributed by atoms with Crippen LogP contribution in [0.3, 0.4) is 0 Å². The molecule has 1 unspecified atom stereocenters. The molecule has 0 aliphatic rings. The van der Waals surface area contributed by atoms with Crippen LogP contribution in [0, 0.1) is 5.82 Å². The maximum Gasteiger partial charge on any atom is 0.419 e. The summed E-state index contributed by atoms with van der Waals surface area (Å²) in [5.41, 5.74) is 4.64. The zero-order valence-electron chi connectivity index (χ0n) is 10.4. The van der Waals surface area contributed by atoms with Crippen molar-refractivity contribution in [3.05, 3.63) is 34.6 Å². The van der Waals surface area contributed by atoms with Crippen LogP contribution >= 0.6 is 11.3 Å². The molecule has 1 heterocycles. The number of hydrogen-bond donors (Lipinski definition) is 1. The number of rotatable bonds is 3. The zero-order chi connectivity index (χ0) is 14.9. The number of nitrogens with two attached hydrogens (primary N) is 1. The van der Waals surface area contributed by atoms with E-state index < -0.39 is 17.6 Å². The van der Waals surface area contributed by atoms with Gasteiger partial charge in [-0.3, -0.25) is 0 Å². The summed E-state index contributed by atoms with van der Waals surface area (Å²) in [5.74, 6) is -1.31. The highest BCUT2D eigenvalue weighted by molar-refractivity contribution is 7.14. The number of aromatic nitrogens is 2. The summed E-state index contributed by atoms with van der Waals surface area (Å²) in [4.78, 5) is 0. The predicted molar refractivity (Wildman–Crippen MR) is 67.5 cm³/mol. The van der Waals surface area contributed by atoms with E-state index in [0.717, 1.165) is 23.5 Å². The van der Waals surface area contributed by atoms with Crippen LogP contribution in [0.15, 0.2) is 18.2 Å². The van der Waals surface area contributed by atoms with Crippen molar-refractivity contribution in [2.75, 3.05) is 0 Å². The molecule has 2 rings (SSSR count). The molecule has 1 atom stereocenters. The van der Waals surface area contributed by atoms with Gasteiger partial charge in [-0.25, -0.2) is 4.39 Å². The Kier molecular flexibility index (Phi) is 4.05. The van der Waals surface area contributed by atoms with E-state index >= 15 is 0 Å². The largest absolute Gasteiger partial charge is 0.419 e. The van der Waals surface area contributed by atoms with Gasteiger partial charge in [0.1, 0.15) is 15.8 Å². The van der Waals surface area contributed by atoms with Crippen molar-refractivity contribution in [1.29, 1.82) is 0 Å². The van der Waals surface area contributed by atoms with E-state index in [2.05, 4.69) is 10.2 Å². The first kappa shape index (κ1) is 14.9. The van der Waals surface area contributed by atoms with Crippen molar-refractivity contribution >= 4 is 11.3 Å². The minimum Gasteiger partial charge on any atom is -0.322 e. The lowest BCUT2D eigenvalue weighted by molar-refractivity contribution is -0.139. The Morgan fingerprint density at radius 3 is 2.60 bits per heavy atom. The smallest absolute Gasteiger partial charge is 0.322 e. The van der Waals surface area contributed by atoms with Gasteiger partial charge in [0.05, 0.1) is 11.6 Å². The van der Waals surface area contributed by atoms with E-state index in [0.29, 0.717) is 11.4 Å². The van der Waals surface area contributed by atoms with Gasteiger partial charge in [0.15, 0.2) is 0 Å². The Bertz CT molecular complexity index is 609. The molecule has 1 aromatic heterocycles. The summed E-state index contributed by atoms with van der Waals surface area (Å²) in [7, 11) is 0. The molecule has 0 aliphatic carbocycles. The molecule has 108 valence electrons. The average molecular weight is 305 g/mol.